The number of aromatic nitrogens is 1. The van der Waals surface area contributed by atoms with Crippen molar-refractivity contribution in [2.45, 2.75) is 19.3 Å². The van der Waals surface area contributed by atoms with Gasteiger partial charge in [-0.05, 0) is 110 Å². The van der Waals surface area contributed by atoms with Crippen molar-refractivity contribution in [3.05, 3.63) is 206 Å². The molecule has 0 N–H and O–H groups in total. The lowest BCUT2D eigenvalue weighted by molar-refractivity contribution is 0.485. The molecule has 1 aromatic heterocycles. The molecule has 0 unspecified atom stereocenters. The van der Waals surface area contributed by atoms with Crippen LogP contribution in [-0.2, 0) is 5.41 Å². The minimum Gasteiger partial charge on any atom is -0.456 e. The SMILES string of the molecule is CC1(C)c2ccccc2-c2ccc(N(c3cc(-c4ccccc4)cc(-c4ccccc4)c3)c3ccc4c5c(cccc35)-c3ccccc3Oc3ccncc3-4)cc21. The van der Waals surface area contributed by atoms with Crippen molar-refractivity contribution in [1.82, 2.24) is 4.98 Å². The number of nitrogens with zero attached hydrogens (tertiary/aromatic N) is 2. The van der Waals surface area contributed by atoms with Gasteiger partial charge in [-0.3, -0.25) is 4.98 Å². The molecule has 2 aliphatic rings. The number of rotatable bonds is 5. The summed E-state index contributed by atoms with van der Waals surface area (Å²) in [5.41, 5.74) is 17.3. The van der Waals surface area contributed by atoms with Gasteiger partial charge in [-0.1, -0.05) is 147 Å². The fourth-order valence-electron chi connectivity index (χ4n) is 9.20. The number of ether oxygens (including phenoxy) is 1. The smallest absolute Gasteiger partial charge is 0.138 e. The van der Waals surface area contributed by atoms with Gasteiger partial charge < -0.3 is 9.64 Å². The van der Waals surface area contributed by atoms with Crippen molar-refractivity contribution < 1.29 is 4.74 Å². The summed E-state index contributed by atoms with van der Waals surface area (Å²) in [5.74, 6) is 1.62. The molecule has 8 aromatic carbocycles. The second-order valence-corrected chi connectivity index (χ2v) is 15.6. The molecule has 0 spiro atoms. The minimum atomic E-state index is -0.161. The molecule has 9 aromatic rings. The number of anilines is 3. The highest BCUT2D eigenvalue weighted by Gasteiger charge is 2.36. The van der Waals surface area contributed by atoms with Crippen LogP contribution in [0.15, 0.2) is 194 Å². The third-order valence-corrected chi connectivity index (χ3v) is 11.9. The second-order valence-electron chi connectivity index (χ2n) is 15.6. The maximum absolute atomic E-state index is 6.64. The maximum Gasteiger partial charge on any atom is 0.138 e. The van der Waals surface area contributed by atoms with Crippen LogP contribution >= 0.6 is 0 Å². The molecule has 0 radical (unpaired) electrons. The van der Waals surface area contributed by atoms with Gasteiger partial charge in [-0.15, -0.1) is 0 Å². The number of para-hydroxylation sites is 1. The number of fused-ring (bicyclic) bond motifs is 7. The highest BCUT2D eigenvalue weighted by molar-refractivity contribution is 6.14. The first-order valence-corrected chi connectivity index (χ1v) is 19.6. The van der Waals surface area contributed by atoms with Gasteiger partial charge in [0.2, 0.25) is 0 Å². The Morgan fingerprint density at radius 3 is 1.82 bits per heavy atom. The van der Waals surface area contributed by atoms with Gasteiger partial charge in [-0.2, -0.15) is 0 Å². The maximum atomic E-state index is 6.64. The van der Waals surface area contributed by atoms with Gasteiger partial charge >= 0.3 is 0 Å². The molecule has 270 valence electrons. The van der Waals surface area contributed by atoms with Crippen LogP contribution in [0.1, 0.15) is 25.0 Å². The molecule has 0 bridgehead atoms. The van der Waals surface area contributed by atoms with E-state index in [1.807, 2.05) is 18.3 Å². The van der Waals surface area contributed by atoms with E-state index in [4.69, 9.17) is 4.74 Å². The summed E-state index contributed by atoms with van der Waals surface area (Å²) in [5, 5.41) is 2.31. The van der Waals surface area contributed by atoms with Crippen LogP contribution in [0.5, 0.6) is 11.5 Å². The molecular formula is C54H38N2O. The van der Waals surface area contributed by atoms with Crippen LogP contribution < -0.4 is 9.64 Å². The Labute approximate surface area is 333 Å². The topological polar surface area (TPSA) is 25.4 Å². The fourth-order valence-corrected chi connectivity index (χ4v) is 9.20. The summed E-state index contributed by atoms with van der Waals surface area (Å²) >= 11 is 0. The molecule has 1 aliphatic heterocycles. The summed E-state index contributed by atoms with van der Waals surface area (Å²) in [6.45, 7) is 4.71. The molecule has 0 atom stereocenters. The van der Waals surface area contributed by atoms with Crippen LogP contribution in [0.3, 0.4) is 0 Å². The van der Waals surface area contributed by atoms with E-state index in [9.17, 15) is 0 Å². The molecule has 0 saturated heterocycles. The average Bonchev–Trinajstić information content (AvgIpc) is 3.49. The average molecular weight is 731 g/mol. The predicted octanol–water partition coefficient (Wildman–Crippen LogP) is 14.8. The third-order valence-electron chi connectivity index (χ3n) is 11.9. The lowest BCUT2D eigenvalue weighted by Crippen LogP contribution is -2.17. The third kappa shape index (κ3) is 5.31. The first-order chi connectivity index (χ1) is 28.0. The van der Waals surface area contributed by atoms with E-state index in [1.54, 1.807) is 6.20 Å². The molecule has 57 heavy (non-hydrogen) atoms. The number of benzene rings is 8. The standard InChI is InChI=1S/C54H38N2O/c1-54(2)48-22-11-9-18-41(48)42-25-24-39(33-49(42)54)56(40-31-37(35-14-5-3-6-15-35)30-38(32-40)36-16-7-4-8-17-36)50-27-26-45-47-34-55-29-28-52(47)57-51-23-12-10-19-43(51)44-20-13-21-46(50)53(44)45/h3-34H,1-2H3. The molecule has 3 heteroatoms. The van der Waals surface area contributed by atoms with E-state index < -0.39 is 0 Å². The van der Waals surface area contributed by atoms with Gasteiger partial charge in [0, 0.05) is 45.7 Å². The Hall–Kier alpha value is -7.23. The molecule has 2 heterocycles. The van der Waals surface area contributed by atoms with Crippen molar-refractivity contribution >= 4 is 27.8 Å². The van der Waals surface area contributed by atoms with Gasteiger partial charge in [0.15, 0.2) is 0 Å². The van der Waals surface area contributed by atoms with E-state index in [2.05, 4.69) is 194 Å². The molecule has 11 rings (SSSR count). The highest BCUT2D eigenvalue weighted by Crippen LogP contribution is 2.53. The van der Waals surface area contributed by atoms with Crippen LogP contribution in [0.25, 0.3) is 66.4 Å². The van der Waals surface area contributed by atoms with Crippen LogP contribution in [0.2, 0.25) is 0 Å². The Bertz CT molecular complexity index is 2910. The largest absolute Gasteiger partial charge is 0.456 e. The van der Waals surface area contributed by atoms with Crippen LogP contribution in [0, 0.1) is 0 Å². The van der Waals surface area contributed by atoms with E-state index in [0.717, 1.165) is 67.3 Å². The van der Waals surface area contributed by atoms with Crippen molar-refractivity contribution in [2.75, 3.05) is 4.90 Å². The van der Waals surface area contributed by atoms with Crippen molar-refractivity contribution in [3.63, 3.8) is 0 Å². The Morgan fingerprint density at radius 2 is 1.05 bits per heavy atom. The lowest BCUT2D eigenvalue weighted by Gasteiger charge is -2.31. The molecule has 0 fully saturated rings. The van der Waals surface area contributed by atoms with Crippen LogP contribution in [0.4, 0.5) is 17.1 Å². The van der Waals surface area contributed by atoms with Crippen LogP contribution in [-0.4, -0.2) is 4.98 Å². The van der Waals surface area contributed by atoms with Crippen molar-refractivity contribution in [3.8, 4) is 67.1 Å². The first-order valence-electron chi connectivity index (χ1n) is 19.6. The monoisotopic (exact) mass is 730 g/mol. The Kier molecular flexibility index (Phi) is 7.52. The number of hydrogen-bond acceptors (Lipinski definition) is 3. The quantitative estimate of drug-likeness (QED) is 0.176. The van der Waals surface area contributed by atoms with E-state index in [0.29, 0.717) is 0 Å². The van der Waals surface area contributed by atoms with Gasteiger partial charge in [0.1, 0.15) is 11.5 Å². The summed E-state index contributed by atoms with van der Waals surface area (Å²) in [6.07, 6.45) is 3.74. The van der Waals surface area contributed by atoms with E-state index >= 15 is 0 Å². The van der Waals surface area contributed by atoms with Gasteiger partial charge in [0.25, 0.3) is 0 Å². The minimum absolute atomic E-state index is 0.161. The first kappa shape index (κ1) is 33.1. The lowest BCUT2D eigenvalue weighted by atomic mass is 9.82. The Morgan fingerprint density at radius 1 is 0.439 bits per heavy atom. The zero-order valence-corrected chi connectivity index (χ0v) is 31.8. The predicted molar refractivity (Wildman–Crippen MR) is 236 cm³/mol. The molecule has 0 amide bonds. The molecule has 0 saturated carbocycles. The van der Waals surface area contributed by atoms with Crippen molar-refractivity contribution in [2.24, 2.45) is 0 Å². The molecule has 3 nitrogen and oxygen atoms in total. The van der Waals surface area contributed by atoms with E-state index in [1.165, 1.54) is 38.8 Å². The normalized spacial score (nSPS) is 13.0. The molecule has 1 aliphatic carbocycles. The Balaban J connectivity index is 1.23. The summed E-state index contributed by atoms with van der Waals surface area (Å²) in [6, 6.07) is 66.0. The number of pyridine rings is 1. The zero-order valence-electron chi connectivity index (χ0n) is 31.8. The van der Waals surface area contributed by atoms with Gasteiger partial charge in [0.05, 0.1) is 5.69 Å². The fraction of sp³-hybridized carbons (Fsp3) is 0.0556. The second kappa shape index (κ2) is 12.9. The van der Waals surface area contributed by atoms with Gasteiger partial charge in [-0.25, -0.2) is 0 Å². The number of hydrogen-bond donors (Lipinski definition) is 0. The summed E-state index contributed by atoms with van der Waals surface area (Å²) in [4.78, 5) is 7.07. The zero-order chi connectivity index (χ0) is 38.1. The van der Waals surface area contributed by atoms with Crippen molar-refractivity contribution in [1.29, 1.82) is 0 Å². The highest BCUT2D eigenvalue weighted by atomic mass is 16.5. The summed E-state index contributed by atoms with van der Waals surface area (Å²) in [7, 11) is 0. The molecular weight excluding hydrogens is 693 g/mol. The summed E-state index contributed by atoms with van der Waals surface area (Å²) < 4.78 is 6.64. The van der Waals surface area contributed by atoms with E-state index in [-0.39, 0.29) is 5.41 Å².